The number of aryl methyl sites for hydroxylation is 1. The number of ether oxygens (including phenoxy) is 3. The molecule has 2 heterocycles. The number of esters is 1. The summed E-state index contributed by atoms with van der Waals surface area (Å²) in [5.41, 5.74) is 0.481. The van der Waals surface area contributed by atoms with Gasteiger partial charge in [0.15, 0.2) is 0 Å². The summed E-state index contributed by atoms with van der Waals surface area (Å²) >= 11 is 1.62. The molecule has 1 saturated carbocycles. The Morgan fingerprint density at radius 3 is 2.55 bits per heavy atom. The maximum absolute atomic E-state index is 12.6. The van der Waals surface area contributed by atoms with Crippen LogP contribution in [0.2, 0.25) is 0 Å². The number of carbonyl (C=O) groups is 2. The molecule has 0 radical (unpaired) electrons. The third-order valence-electron chi connectivity index (χ3n) is 6.30. The van der Waals surface area contributed by atoms with Crippen molar-refractivity contribution in [3.63, 3.8) is 0 Å². The van der Waals surface area contributed by atoms with Crippen LogP contribution in [0.15, 0.2) is 6.33 Å². The van der Waals surface area contributed by atoms with Crippen molar-refractivity contribution in [2.24, 2.45) is 0 Å². The Balaban J connectivity index is 1.46. The lowest BCUT2D eigenvalue weighted by Gasteiger charge is -2.35. The van der Waals surface area contributed by atoms with Crippen molar-refractivity contribution in [2.45, 2.75) is 89.9 Å². The Labute approximate surface area is 198 Å². The van der Waals surface area contributed by atoms with Crippen molar-refractivity contribution >= 4 is 33.6 Å². The van der Waals surface area contributed by atoms with Crippen molar-refractivity contribution in [3.8, 4) is 5.88 Å². The summed E-state index contributed by atoms with van der Waals surface area (Å²) in [6.07, 6.45) is 6.16. The van der Waals surface area contributed by atoms with Crippen LogP contribution in [0, 0.1) is 0 Å². The number of thiophene rings is 1. The Morgan fingerprint density at radius 2 is 1.88 bits per heavy atom. The molecule has 8 nitrogen and oxygen atoms in total. The molecule has 0 spiro atoms. The zero-order valence-corrected chi connectivity index (χ0v) is 20.9. The van der Waals surface area contributed by atoms with Gasteiger partial charge in [-0.15, -0.1) is 11.3 Å². The molecule has 33 heavy (non-hydrogen) atoms. The molecule has 0 aliphatic heterocycles. The van der Waals surface area contributed by atoms with Gasteiger partial charge in [0, 0.05) is 18.0 Å². The van der Waals surface area contributed by atoms with Crippen LogP contribution in [0.4, 0.5) is 4.79 Å². The van der Waals surface area contributed by atoms with Crippen LogP contribution < -0.4 is 4.74 Å². The zero-order chi connectivity index (χ0) is 23.8. The minimum Gasteiger partial charge on any atom is -0.474 e. The minimum atomic E-state index is -0.508. The van der Waals surface area contributed by atoms with E-state index in [0.29, 0.717) is 12.5 Å². The van der Waals surface area contributed by atoms with Gasteiger partial charge in [-0.05, 0) is 71.8 Å². The first-order chi connectivity index (χ1) is 15.7. The molecule has 0 N–H and O–H groups in total. The molecule has 9 heteroatoms. The van der Waals surface area contributed by atoms with Crippen molar-refractivity contribution in [1.29, 1.82) is 0 Å². The average Bonchev–Trinajstić information content (AvgIpc) is 3.32. The fraction of sp³-hybridized carbons (Fsp3) is 0.667. The smallest absolute Gasteiger partial charge is 0.410 e. The maximum Gasteiger partial charge on any atom is 0.410 e. The normalized spacial score (nSPS) is 22.6. The van der Waals surface area contributed by atoms with Gasteiger partial charge in [-0.25, -0.2) is 14.8 Å². The Bertz CT molecular complexity index is 1020. The molecule has 1 unspecified atom stereocenters. The highest BCUT2D eigenvalue weighted by atomic mass is 32.1. The molecule has 1 atom stereocenters. The Hall–Kier alpha value is -2.42. The van der Waals surface area contributed by atoms with E-state index in [1.54, 1.807) is 23.3 Å². The molecule has 180 valence electrons. The Kier molecular flexibility index (Phi) is 6.79. The van der Waals surface area contributed by atoms with Crippen LogP contribution in [0.5, 0.6) is 5.88 Å². The van der Waals surface area contributed by atoms with E-state index >= 15 is 0 Å². The molecular formula is C24H33N3O5S. The lowest BCUT2D eigenvalue weighted by atomic mass is 9.92. The van der Waals surface area contributed by atoms with Gasteiger partial charge < -0.3 is 19.1 Å². The van der Waals surface area contributed by atoms with Crippen molar-refractivity contribution in [2.75, 3.05) is 13.7 Å². The van der Waals surface area contributed by atoms with Gasteiger partial charge in [-0.1, -0.05) is 0 Å². The molecule has 2 aromatic heterocycles. The third kappa shape index (κ3) is 5.08. The number of nitrogens with zero attached hydrogens (tertiary/aromatic N) is 3. The second-order valence-corrected chi connectivity index (χ2v) is 10.9. The minimum absolute atomic E-state index is 0.00406. The topological polar surface area (TPSA) is 90.9 Å². The van der Waals surface area contributed by atoms with Gasteiger partial charge in [-0.2, -0.15) is 0 Å². The van der Waals surface area contributed by atoms with Crippen LogP contribution in [0.25, 0.3) is 10.2 Å². The molecular weight excluding hydrogens is 442 g/mol. The van der Waals surface area contributed by atoms with E-state index in [-0.39, 0.29) is 30.1 Å². The molecule has 1 amide bonds. The molecule has 2 aliphatic rings. The van der Waals surface area contributed by atoms with E-state index in [1.807, 2.05) is 27.7 Å². The fourth-order valence-electron chi connectivity index (χ4n) is 4.71. The largest absolute Gasteiger partial charge is 0.474 e. The Morgan fingerprint density at radius 1 is 1.15 bits per heavy atom. The SMILES string of the molecule is CCOC(=O)C1CCc2sc3ncnc(OC4CCC(N(C)C(=O)OC(C)(C)C)CC4)c3c21. The van der Waals surface area contributed by atoms with Crippen LogP contribution >= 0.6 is 11.3 Å². The molecule has 0 bridgehead atoms. The van der Waals surface area contributed by atoms with E-state index in [4.69, 9.17) is 14.2 Å². The lowest BCUT2D eigenvalue weighted by Crippen LogP contribution is -2.43. The van der Waals surface area contributed by atoms with Crippen LogP contribution in [-0.2, 0) is 20.7 Å². The number of fused-ring (bicyclic) bond motifs is 3. The van der Waals surface area contributed by atoms with E-state index in [9.17, 15) is 9.59 Å². The van der Waals surface area contributed by atoms with Crippen LogP contribution in [0.3, 0.4) is 0 Å². The third-order valence-corrected chi connectivity index (χ3v) is 7.47. The number of amides is 1. The number of hydrogen-bond donors (Lipinski definition) is 0. The highest BCUT2D eigenvalue weighted by Crippen LogP contribution is 2.46. The summed E-state index contributed by atoms with van der Waals surface area (Å²) in [5.74, 6) is 0.0920. The monoisotopic (exact) mass is 475 g/mol. The summed E-state index contributed by atoms with van der Waals surface area (Å²) in [6, 6.07) is 0.128. The van der Waals surface area contributed by atoms with E-state index in [0.717, 1.165) is 54.3 Å². The predicted molar refractivity (Wildman–Crippen MR) is 126 cm³/mol. The predicted octanol–water partition coefficient (Wildman–Crippen LogP) is 4.84. The first-order valence-corrected chi connectivity index (χ1v) is 12.5. The van der Waals surface area contributed by atoms with Gasteiger partial charge in [0.25, 0.3) is 0 Å². The summed E-state index contributed by atoms with van der Waals surface area (Å²) in [4.78, 5) is 37.6. The second kappa shape index (κ2) is 9.44. The number of carbonyl (C=O) groups excluding carboxylic acids is 2. The quantitative estimate of drug-likeness (QED) is 0.571. The zero-order valence-electron chi connectivity index (χ0n) is 20.1. The van der Waals surface area contributed by atoms with Gasteiger partial charge in [0.05, 0.1) is 17.9 Å². The first-order valence-electron chi connectivity index (χ1n) is 11.7. The molecule has 2 aromatic rings. The van der Waals surface area contributed by atoms with Crippen molar-refractivity contribution < 1.29 is 23.8 Å². The highest BCUT2D eigenvalue weighted by Gasteiger charge is 2.36. The summed E-state index contributed by atoms with van der Waals surface area (Å²) in [6.45, 7) is 7.82. The van der Waals surface area contributed by atoms with Gasteiger partial charge in [0.1, 0.15) is 22.9 Å². The van der Waals surface area contributed by atoms with Crippen molar-refractivity contribution in [3.05, 3.63) is 16.8 Å². The number of rotatable bonds is 5. The molecule has 2 aliphatic carbocycles. The van der Waals surface area contributed by atoms with Gasteiger partial charge in [-0.3, -0.25) is 4.79 Å². The summed E-state index contributed by atoms with van der Waals surface area (Å²) in [5, 5.41) is 0.862. The molecule has 0 aromatic carbocycles. The standard InChI is InChI=1S/C24H33N3O5S/c1-6-30-22(28)16-11-12-17-18(16)19-20(25-13-26-21(19)33-17)31-15-9-7-14(8-10-15)27(5)23(29)32-24(2,3)4/h13-16H,6-12H2,1-5H3. The maximum atomic E-state index is 12.6. The molecule has 0 saturated heterocycles. The lowest BCUT2D eigenvalue weighted by molar-refractivity contribution is -0.144. The van der Waals surface area contributed by atoms with Crippen LogP contribution in [-0.4, -0.2) is 58.3 Å². The van der Waals surface area contributed by atoms with Gasteiger partial charge >= 0.3 is 12.1 Å². The first kappa shape index (κ1) is 23.7. The van der Waals surface area contributed by atoms with Gasteiger partial charge in [0.2, 0.25) is 5.88 Å². The van der Waals surface area contributed by atoms with Crippen molar-refractivity contribution in [1.82, 2.24) is 14.9 Å². The number of aromatic nitrogens is 2. The van der Waals surface area contributed by atoms with Crippen LogP contribution in [0.1, 0.15) is 76.2 Å². The highest BCUT2D eigenvalue weighted by molar-refractivity contribution is 7.19. The fourth-order valence-corrected chi connectivity index (χ4v) is 5.91. The molecule has 4 rings (SSSR count). The number of hydrogen-bond acceptors (Lipinski definition) is 8. The second-order valence-electron chi connectivity index (χ2n) is 9.78. The van der Waals surface area contributed by atoms with E-state index < -0.39 is 5.60 Å². The van der Waals surface area contributed by atoms with E-state index in [2.05, 4.69) is 9.97 Å². The summed E-state index contributed by atoms with van der Waals surface area (Å²) < 4.78 is 17.2. The molecule has 1 fully saturated rings. The van der Waals surface area contributed by atoms with E-state index in [1.165, 1.54) is 11.2 Å². The average molecular weight is 476 g/mol. The summed E-state index contributed by atoms with van der Waals surface area (Å²) in [7, 11) is 1.80.